The molecule has 0 radical (unpaired) electrons. The number of nitrogens with zero attached hydrogens (tertiary/aromatic N) is 2. The summed E-state index contributed by atoms with van der Waals surface area (Å²) in [5.74, 6) is -0.847. The van der Waals surface area contributed by atoms with Gasteiger partial charge in [0.15, 0.2) is 11.7 Å². The van der Waals surface area contributed by atoms with Gasteiger partial charge in [-0.05, 0) is 11.4 Å². The molecular weight excluding hydrogens is 368 g/mol. The number of benzene rings is 1. The van der Waals surface area contributed by atoms with Gasteiger partial charge >= 0.3 is 5.97 Å². The second kappa shape index (κ2) is 8.55. The fourth-order valence-corrected chi connectivity index (χ4v) is 3.69. The van der Waals surface area contributed by atoms with Gasteiger partial charge in [-0.1, -0.05) is 42.5 Å². The minimum atomic E-state index is -0.504. The summed E-state index contributed by atoms with van der Waals surface area (Å²) in [7, 11) is 0. The predicted molar refractivity (Wildman–Crippen MR) is 105 cm³/mol. The smallest absolute Gasteiger partial charge is 0.348 e. The second-order valence-corrected chi connectivity index (χ2v) is 7.01. The van der Waals surface area contributed by atoms with Crippen LogP contribution in [0.3, 0.4) is 0 Å². The van der Waals surface area contributed by atoms with Gasteiger partial charge in [-0.3, -0.25) is 9.69 Å². The topological polar surface area (TPSA) is 59.5 Å². The lowest BCUT2D eigenvalue weighted by Crippen LogP contribution is -2.34. The molecule has 0 saturated carbocycles. The number of esters is 1. The Labute approximate surface area is 159 Å². The normalized spacial score (nSPS) is 10.3. The van der Waals surface area contributed by atoms with E-state index in [0.29, 0.717) is 10.0 Å². The lowest BCUT2D eigenvalue weighted by atomic mass is 10.2. The standard InChI is InChI=1S/C19H16N2O3S2/c1-2-10-21(17(22)12-24-18(23)16-9-6-11-25-16)19-20-15(13-26-19)14-7-4-3-5-8-14/h2-9,11,13H,1,10,12H2. The molecule has 0 fully saturated rings. The fourth-order valence-electron chi connectivity index (χ4n) is 2.22. The van der Waals surface area contributed by atoms with Crippen LogP contribution in [0.25, 0.3) is 11.3 Å². The molecule has 0 N–H and O–H groups in total. The summed E-state index contributed by atoms with van der Waals surface area (Å²) in [5, 5.41) is 4.22. The highest BCUT2D eigenvalue weighted by atomic mass is 32.1. The van der Waals surface area contributed by atoms with Crippen molar-refractivity contribution >= 4 is 39.7 Å². The van der Waals surface area contributed by atoms with E-state index in [2.05, 4.69) is 11.6 Å². The lowest BCUT2D eigenvalue weighted by molar-refractivity contribution is -0.121. The molecule has 0 saturated heterocycles. The van der Waals surface area contributed by atoms with Crippen LogP contribution in [0, 0.1) is 0 Å². The van der Waals surface area contributed by atoms with Gasteiger partial charge in [0.05, 0.1) is 5.69 Å². The Bertz CT molecular complexity index is 889. The van der Waals surface area contributed by atoms with E-state index in [4.69, 9.17) is 4.74 Å². The fraction of sp³-hybridized carbons (Fsp3) is 0.105. The van der Waals surface area contributed by atoms with Gasteiger partial charge in [0.1, 0.15) is 4.88 Å². The highest BCUT2D eigenvalue weighted by Crippen LogP contribution is 2.27. The number of anilines is 1. The summed E-state index contributed by atoms with van der Waals surface area (Å²) in [6, 6.07) is 13.1. The number of ether oxygens (including phenoxy) is 1. The maximum atomic E-state index is 12.5. The van der Waals surface area contributed by atoms with Crippen LogP contribution < -0.4 is 4.90 Å². The van der Waals surface area contributed by atoms with E-state index in [9.17, 15) is 9.59 Å². The Balaban J connectivity index is 1.70. The third-order valence-corrected chi connectivity index (χ3v) is 5.17. The number of hydrogen-bond acceptors (Lipinski definition) is 6. The molecule has 2 aromatic heterocycles. The third kappa shape index (κ3) is 4.25. The number of carbonyl (C=O) groups is 2. The van der Waals surface area contributed by atoms with Gasteiger partial charge < -0.3 is 4.74 Å². The zero-order chi connectivity index (χ0) is 18.4. The Kier molecular flexibility index (Phi) is 5.93. The maximum absolute atomic E-state index is 12.5. The Hall–Kier alpha value is -2.77. The Morgan fingerprint density at radius 1 is 1.15 bits per heavy atom. The predicted octanol–water partition coefficient (Wildman–Crippen LogP) is 4.25. The Morgan fingerprint density at radius 2 is 1.96 bits per heavy atom. The van der Waals surface area contributed by atoms with Gasteiger partial charge in [-0.15, -0.1) is 29.3 Å². The molecule has 3 aromatic rings. The zero-order valence-electron chi connectivity index (χ0n) is 13.8. The molecule has 0 unspecified atom stereocenters. The van der Waals surface area contributed by atoms with Crippen molar-refractivity contribution in [1.82, 2.24) is 4.98 Å². The number of aromatic nitrogens is 1. The zero-order valence-corrected chi connectivity index (χ0v) is 15.5. The van der Waals surface area contributed by atoms with Crippen LogP contribution in [0.15, 0.2) is 65.9 Å². The SMILES string of the molecule is C=CCN(C(=O)COC(=O)c1cccs1)c1nc(-c2ccccc2)cs1. The van der Waals surface area contributed by atoms with E-state index in [1.165, 1.54) is 27.6 Å². The largest absolute Gasteiger partial charge is 0.451 e. The van der Waals surface area contributed by atoms with Crippen molar-refractivity contribution in [1.29, 1.82) is 0 Å². The van der Waals surface area contributed by atoms with Gasteiger partial charge in [0.25, 0.3) is 5.91 Å². The summed E-state index contributed by atoms with van der Waals surface area (Å²) in [6.45, 7) is 3.63. The van der Waals surface area contributed by atoms with Gasteiger partial charge in [0, 0.05) is 17.5 Å². The lowest BCUT2D eigenvalue weighted by Gasteiger charge is -2.17. The molecule has 132 valence electrons. The first-order valence-electron chi connectivity index (χ1n) is 7.82. The highest BCUT2D eigenvalue weighted by molar-refractivity contribution is 7.14. The molecule has 0 spiro atoms. The first kappa shape index (κ1) is 18.0. The van der Waals surface area contributed by atoms with Crippen LogP contribution in [-0.2, 0) is 9.53 Å². The van der Waals surface area contributed by atoms with E-state index in [-0.39, 0.29) is 19.1 Å². The quantitative estimate of drug-likeness (QED) is 0.451. The summed E-state index contributed by atoms with van der Waals surface area (Å²) in [6.07, 6.45) is 1.61. The highest BCUT2D eigenvalue weighted by Gasteiger charge is 2.20. The number of thiophene rings is 1. The van der Waals surface area contributed by atoms with Crippen LogP contribution in [0.4, 0.5) is 5.13 Å². The number of carbonyl (C=O) groups excluding carboxylic acids is 2. The van der Waals surface area contributed by atoms with E-state index in [0.717, 1.165) is 11.3 Å². The van der Waals surface area contributed by atoms with Crippen molar-refractivity contribution in [3.8, 4) is 11.3 Å². The third-order valence-electron chi connectivity index (χ3n) is 3.45. The van der Waals surface area contributed by atoms with Crippen molar-refractivity contribution in [3.05, 3.63) is 70.8 Å². The van der Waals surface area contributed by atoms with Crippen molar-refractivity contribution in [3.63, 3.8) is 0 Å². The summed E-state index contributed by atoms with van der Waals surface area (Å²) < 4.78 is 5.11. The molecule has 7 heteroatoms. The van der Waals surface area contributed by atoms with Crippen LogP contribution >= 0.6 is 22.7 Å². The first-order valence-corrected chi connectivity index (χ1v) is 9.58. The van der Waals surface area contributed by atoms with Crippen molar-refractivity contribution in [2.24, 2.45) is 0 Å². The second-order valence-electron chi connectivity index (χ2n) is 5.23. The minimum Gasteiger partial charge on any atom is -0.451 e. The minimum absolute atomic E-state index is 0.289. The van der Waals surface area contributed by atoms with Crippen LogP contribution in [0.5, 0.6) is 0 Å². The molecule has 0 aliphatic heterocycles. The Morgan fingerprint density at radius 3 is 2.65 bits per heavy atom. The van der Waals surface area contributed by atoms with Crippen LogP contribution in [-0.4, -0.2) is 30.0 Å². The first-order chi connectivity index (χ1) is 12.7. The summed E-state index contributed by atoms with van der Waals surface area (Å²) in [4.78, 5) is 30.9. The van der Waals surface area contributed by atoms with Crippen molar-refractivity contribution < 1.29 is 14.3 Å². The van der Waals surface area contributed by atoms with Crippen molar-refractivity contribution in [2.45, 2.75) is 0 Å². The van der Waals surface area contributed by atoms with Gasteiger partial charge in [-0.2, -0.15) is 0 Å². The molecule has 0 aliphatic carbocycles. The van der Waals surface area contributed by atoms with E-state index in [1.54, 1.807) is 23.6 Å². The molecular formula is C19H16N2O3S2. The maximum Gasteiger partial charge on any atom is 0.348 e. The molecule has 26 heavy (non-hydrogen) atoms. The summed E-state index contributed by atoms with van der Waals surface area (Å²) >= 11 is 2.63. The molecule has 0 aliphatic rings. The monoisotopic (exact) mass is 384 g/mol. The average molecular weight is 384 g/mol. The molecule has 1 amide bonds. The number of rotatable bonds is 7. The van der Waals surface area contributed by atoms with E-state index >= 15 is 0 Å². The number of amides is 1. The number of thiazole rings is 1. The van der Waals surface area contributed by atoms with Crippen LogP contribution in [0.1, 0.15) is 9.67 Å². The molecule has 2 heterocycles. The van der Waals surface area contributed by atoms with E-state index < -0.39 is 5.97 Å². The number of hydrogen-bond donors (Lipinski definition) is 0. The van der Waals surface area contributed by atoms with Crippen molar-refractivity contribution in [2.75, 3.05) is 18.1 Å². The molecule has 3 rings (SSSR count). The van der Waals surface area contributed by atoms with Gasteiger partial charge in [-0.25, -0.2) is 9.78 Å². The average Bonchev–Trinajstić information content (AvgIpc) is 3.36. The van der Waals surface area contributed by atoms with E-state index in [1.807, 2.05) is 35.7 Å². The van der Waals surface area contributed by atoms with Crippen LogP contribution in [0.2, 0.25) is 0 Å². The van der Waals surface area contributed by atoms with Gasteiger partial charge in [0.2, 0.25) is 0 Å². The molecule has 0 atom stereocenters. The molecule has 0 bridgehead atoms. The summed E-state index contributed by atoms with van der Waals surface area (Å²) in [5.41, 5.74) is 1.77. The molecule has 1 aromatic carbocycles. The molecule has 5 nitrogen and oxygen atoms in total.